The van der Waals surface area contributed by atoms with Gasteiger partial charge < -0.3 is 14.4 Å². The minimum Gasteiger partial charge on any atom is -0.478 e. The third-order valence-corrected chi connectivity index (χ3v) is 5.28. The van der Waals surface area contributed by atoms with Crippen LogP contribution in [0.3, 0.4) is 0 Å². The molecule has 0 fully saturated rings. The van der Waals surface area contributed by atoms with Gasteiger partial charge in [-0.25, -0.2) is 0 Å². The molecule has 0 saturated carbocycles. The van der Waals surface area contributed by atoms with Crippen LogP contribution in [0.4, 0.5) is 0 Å². The van der Waals surface area contributed by atoms with E-state index in [0.29, 0.717) is 6.73 Å². The molecule has 0 aliphatic rings. The lowest BCUT2D eigenvalue weighted by atomic mass is 10.1. The highest BCUT2D eigenvalue weighted by Gasteiger charge is 2.14. The minimum atomic E-state index is 0.269. The Morgan fingerprint density at radius 1 is 0.793 bits per heavy atom. The van der Waals surface area contributed by atoms with Crippen LogP contribution >= 0.6 is 0 Å². The fraction of sp³-hybridized carbons (Fsp3) is 0.280. The van der Waals surface area contributed by atoms with Crippen molar-refractivity contribution < 1.29 is 9.84 Å². The largest absolute Gasteiger partial charge is 0.478 e. The molecular weight excluding hydrogens is 360 g/mol. The van der Waals surface area contributed by atoms with Crippen molar-refractivity contribution in [3.63, 3.8) is 0 Å². The molecule has 4 aromatic rings. The summed E-state index contributed by atoms with van der Waals surface area (Å²) in [6.07, 6.45) is 2.94. The van der Waals surface area contributed by atoms with Crippen LogP contribution in [0.15, 0.2) is 72.8 Å². The molecule has 4 rings (SSSR count). The van der Waals surface area contributed by atoms with Gasteiger partial charge in [-0.3, -0.25) is 5.32 Å². The molecule has 0 amide bonds. The van der Waals surface area contributed by atoms with Crippen LogP contribution in [0.25, 0.3) is 21.8 Å². The molecule has 0 unspecified atom stereocenters. The summed E-state index contributed by atoms with van der Waals surface area (Å²) in [5.74, 6) is 0.911. The molecule has 1 heterocycles. The van der Waals surface area contributed by atoms with Crippen LogP contribution in [-0.2, 0) is 6.54 Å². The monoisotopic (exact) mass is 388 g/mol. The van der Waals surface area contributed by atoms with Crippen molar-refractivity contribution in [3.8, 4) is 5.75 Å². The van der Waals surface area contributed by atoms with Gasteiger partial charge in [-0.1, -0.05) is 54.6 Å². The molecule has 0 atom stereocenters. The highest BCUT2D eigenvalue weighted by molar-refractivity contribution is 6.11. The second-order valence-corrected chi connectivity index (χ2v) is 7.31. The maximum absolute atomic E-state index is 8.85. The Hall–Kier alpha value is -2.82. The van der Waals surface area contributed by atoms with Crippen molar-refractivity contribution in [1.29, 1.82) is 0 Å². The molecule has 1 aromatic heterocycles. The molecule has 3 aromatic carbocycles. The molecule has 0 aliphatic carbocycles. The highest BCUT2D eigenvalue weighted by atomic mass is 16.5. The first-order chi connectivity index (χ1) is 14.4. The van der Waals surface area contributed by atoms with Gasteiger partial charge >= 0.3 is 0 Å². The Bertz CT molecular complexity index is 1060. The predicted octanol–water partition coefficient (Wildman–Crippen LogP) is 4.93. The lowest BCUT2D eigenvalue weighted by Crippen LogP contribution is -2.21. The Balaban J connectivity index is 1.59. The maximum Gasteiger partial charge on any atom is 0.139 e. The molecule has 0 bridgehead atoms. The molecule has 0 radical (unpaired) electrons. The van der Waals surface area contributed by atoms with Crippen molar-refractivity contribution >= 4 is 21.8 Å². The van der Waals surface area contributed by atoms with Crippen LogP contribution in [0.2, 0.25) is 0 Å². The topological polar surface area (TPSA) is 46.4 Å². The van der Waals surface area contributed by atoms with E-state index in [-0.39, 0.29) is 6.61 Å². The predicted molar refractivity (Wildman–Crippen MR) is 119 cm³/mol. The van der Waals surface area contributed by atoms with Gasteiger partial charge in [0.15, 0.2) is 0 Å². The number of rotatable bonds is 10. The van der Waals surface area contributed by atoms with Gasteiger partial charge in [0.05, 0.1) is 5.52 Å². The summed E-state index contributed by atoms with van der Waals surface area (Å²) < 4.78 is 8.49. The summed E-state index contributed by atoms with van der Waals surface area (Å²) in [6, 6.07) is 25.4. The third kappa shape index (κ3) is 4.44. The molecule has 29 heavy (non-hydrogen) atoms. The first-order valence-electron chi connectivity index (χ1n) is 10.4. The Morgan fingerprint density at radius 3 is 2.45 bits per heavy atom. The zero-order chi connectivity index (χ0) is 19.9. The van der Waals surface area contributed by atoms with Gasteiger partial charge in [0.2, 0.25) is 0 Å². The number of unbranched alkanes of at least 4 members (excludes halogenated alkanes) is 2. The summed E-state index contributed by atoms with van der Waals surface area (Å²) in [7, 11) is 0. The van der Waals surface area contributed by atoms with Crippen molar-refractivity contribution in [2.24, 2.45) is 0 Å². The summed E-state index contributed by atoms with van der Waals surface area (Å²) in [5.41, 5.74) is 3.70. The van der Waals surface area contributed by atoms with Crippen LogP contribution in [0, 0.1) is 0 Å². The number of nitrogens with one attached hydrogen (secondary N) is 1. The molecule has 4 nitrogen and oxygen atoms in total. The van der Waals surface area contributed by atoms with Crippen LogP contribution in [0.1, 0.15) is 24.8 Å². The number of para-hydroxylation sites is 1. The van der Waals surface area contributed by atoms with E-state index in [9.17, 15) is 0 Å². The second-order valence-electron chi connectivity index (χ2n) is 7.31. The molecule has 0 aliphatic heterocycles. The Kier molecular flexibility index (Phi) is 6.45. The lowest BCUT2D eigenvalue weighted by molar-refractivity contribution is 0.273. The first kappa shape index (κ1) is 19.5. The normalized spacial score (nSPS) is 11.3. The number of aromatic nitrogens is 1. The van der Waals surface area contributed by atoms with E-state index in [2.05, 4.69) is 82.7 Å². The van der Waals surface area contributed by atoms with Crippen LogP contribution in [-0.4, -0.2) is 29.6 Å². The number of hydrogen-bond acceptors (Lipinski definition) is 3. The van der Waals surface area contributed by atoms with E-state index in [1.165, 1.54) is 27.4 Å². The van der Waals surface area contributed by atoms with E-state index < -0.39 is 0 Å². The number of nitrogens with zero attached hydrogens (tertiary/aromatic N) is 1. The summed E-state index contributed by atoms with van der Waals surface area (Å²) in [5, 5.41) is 14.6. The van der Waals surface area contributed by atoms with Gasteiger partial charge in [0.1, 0.15) is 12.5 Å². The molecule has 0 saturated heterocycles. The minimum absolute atomic E-state index is 0.269. The molecule has 150 valence electrons. The van der Waals surface area contributed by atoms with Gasteiger partial charge in [0, 0.05) is 29.4 Å². The fourth-order valence-corrected chi connectivity index (χ4v) is 3.86. The van der Waals surface area contributed by atoms with Crippen molar-refractivity contribution in [1.82, 2.24) is 9.88 Å². The number of hydrogen-bond donors (Lipinski definition) is 2. The average molecular weight is 389 g/mol. The third-order valence-electron chi connectivity index (χ3n) is 5.28. The Morgan fingerprint density at radius 2 is 1.59 bits per heavy atom. The van der Waals surface area contributed by atoms with Crippen LogP contribution < -0.4 is 10.1 Å². The second kappa shape index (κ2) is 9.59. The van der Waals surface area contributed by atoms with Crippen molar-refractivity contribution in [2.75, 3.05) is 19.9 Å². The molecule has 0 spiro atoms. The van der Waals surface area contributed by atoms with Gasteiger partial charge in [-0.15, -0.1) is 0 Å². The zero-order valence-electron chi connectivity index (χ0n) is 16.7. The van der Waals surface area contributed by atoms with E-state index >= 15 is 0 Å². The maximum atomic E-state index is 8.85. The number of ether oxygens (including phenoxy) is 1. The van der Waals surface area contributed by atoms with Gasteiger partial charge in [-0.05, 0) is 49.6 Å². The summed E-state index contributed by atoms with van der Waals surface area (Å²) in [6.45, 7) is 2.48. The summed E-state index contributed by atoms with van der Waals surface area (Å²) in [4.78, 5) is 0. The standard InChI is InChI=1S/C25H28N2O2/c28-17-8-2-7-16-26-19-29-24-15-9-14-23-25(24)21-12-5-6-13-22(21)27(23)18-20-10-3-1-4-11-20/h1,3-6,9-15,26,28H,2,7-8,16-19H2. The first-order valence-corrected chi connectivity index (χ1v) is 10.4. The Labute approximate surface area is 171 Å². The summed E-state index contributed by atoms with van der Waals surface area (Å²) >= 11 is 0. The number of aliphatic hydroxyl groups excluding tert-OH is 1. The number of benzene rings is 3. The lowest BCUT2D eigenvalue weighted by Gasteiger charge is -2.10. The number of aliphatic hydroxyl groups is 1. The van der Waals surface area contributed by atoms with E-state index in [0.717, 1.165) is 38.1 Å². The molecule has 2 N–H and O–H groups in total. The van der Waals surface area contributed by atoms with E-state index in [1.54, 1.807) is 0 Å². The molecular formula is C25H28N2O2. The van der Waals surface area contributed by atoms with Crippen molar-refractivity contribution in [3.05, 3.63) is 78.4 Å². The van der Waals surface area contributed by atoms with E-state index in [4.69, 9.17) is 9.84 Å². The van der Waals surface area contributed by atoms with Crippen LogP contribution in [0.5, 0.6) is 5.75 Å². The van der Waals surface area contributed by atoms with Crippen molar-refractivity contribution in [2.45, 2.75) is 25.8 Å². The zero-order valence-corrected chi connectivity index (χ0v) is 16.7. The van der Waals surface area contributed by atoms with Gasteiger partial charge in [0.25, 0.3) is 0 Å². The highest BCUT2D eigenvalue weighted by Crippen LogP contribution is 2.36. The smallest absolute Gasteiger partial charge is 0.139 e. The van der Waals surface area contributed by atoms with E-state index in [1.807, 2.05) is 0 Å². The van der Waals surface area contributed by atoms with Gasteiger partial charge in [-0.2, -0.15) is 0 Å². The SMILES string of the molecule is OCCCCCNCOc1cccc2c1c1ccccc1n2Cc1ccccc1. The molecule has 4 heteroatoms. The quantitative estimate of drug-likeness (QED) is 0.299. The average Bonchev–Trinajstić information content (AvgIpc) is 3.08. The number of fused-ring (bicyclic) bond motifs is 3. The fourth-order valence-electron chi connectivity index (χ4n) is 3.86.